The largest absolute Gasteiger partial charge is 0.397 e. The molecule has 0 unspecified atom stereocenters. The van der Waals surface area contributed by atoms with Gasteiger partial charge in [-0.15, -0.1) is 12.6 Å². The van der Waals surface area contributed by atoms with Gasteiger partial charge in [0.25, 0.3) is 0 Å². The SMILES string of the molecule is CCO.Sc1cccc2cc3ccccc3cc12. The maximum Gasteiger partial charge on any atom is 0.0402 e. The van der Waals surface area contributed by atoms with Gasteiger partial charge in [0.2, 0.25) is 0 Å². The summed E-state index contributed by atoms with van der Waals surface area (Å²) in [5.74, 6) is 0. The minimum Gasteiger partial charge on any atom is -0.397 e. The Bertz CT molecular complexity index is 661. The third kappa shape index (κ3) is 2.66. The molecule has 0 spiro atoms. The Hall–Kier alpha value is -1.51. The molecule has 3 rings (SSSR count). The van der Waals surface area contributed by atoms with E-state index in [1.54, 1.807) is 6.92 Å². The Morgan fingerprint density at radius 3 is 2.11 bits per heavy atom. The molecule has 1 N–H and O–H groups in total. The minimum atomic E-state index is 0.250. The highest BCUT2D eigenvalue weighted by Gasteiger charge is 1.99. The van der Waals surface area contributed by atoms with Crippen molar-refractivity contribution in [2.45, 2.75) is 11.8 Å². The third-order valence-electron chi connectivity index (χ3n) is 2.72. The standard InChI is InChI=1S/C14H10S.C2H6O/c15-14-7-3-6-12-8-10-4-1-2-5-11(10)9-13(12)14;1-2-3/h1-9,15H;3H,2H2,1H3. The van der Waals surface area contributed by atoms with Gasteiger partial charge in [-0.05, 0) is 46.7 Å². The first-order valence-electron chi connectivity index (χ1n) is 5.97. The smallest absolute Gasteiger partial charge is 0.0402 e. The molecule has 0 amide bonds. The molecule has 0 aliphatic carbocycles. The molecule has 2 heteroatoms. The van der Waals surface area contributed by atoms with Crippen LogP contribution in [0.1, 0.15) is 6.92 Å². The molecule has 0 bridgehead atoms. The van der Waals surface area contributed by atoms with Gasteiger partial charge in [0.05, 0.1) is 0 Å². The molecule has 0 fully saturated rings. The normalized spacial score (nSPS) is 10.2. The summed E-state index contributed by atoms with van der Waals surface area (Å²) < 4.78 is 0. The molecule has 0 atom stereocenters. The molecular weight excluding hydrogens is 240 g/mol. The molecule has 92 valence electrons. The molecule has 0 saturated heterocycles. The summed E-state index contributed by atoms with van der Waals surface area (Å²) in [5, 5.41) is 12.6. The molecule has 3 aromatic carbocycles. The van der Waals surface area contributed by atoms with Gasteiger partial charge >= 0.3 is 0 Å². The summed E-state index contributed by atoms with van der Waals surface area (Å²) >= 11 is 4.48. The van der Waals surface area contributed by atoms with E-state index in [1.807, 2.05) is 12.1 Å². The Labute approximate surface area is 112 Å². The van der Waals surface area contributed by atoms with E-state index in [4.69, 9.17) is 5.11 Å². The van der Waals surface area contributed by atoms with Gasteiger partial charge in [0.15, 0.2) is 0 Å². The number of aliphatic hydroxyl groups excluding tert-OH is 1. The van der Waals surface area contributed by atoms with E-state index >= 15 is 0 Å². The summed E-state index contributed by atoms with van der Waals surface area (Å²) in [7, 11) is 0. The zero-order valence-corrected chi connectivity index (χ0v) is 11.2. The van der Waals surface area contributed by atoms with Crippen LogP contribution in [0.25, 0.3) is 21.5 Å². The Kier molecular flexibility index (Phi) is 4.24. The second-order valence-electron chi connectivity index (χ2n) is 4.01. The predicted molar refractivity (Wildman–Crippen MR) is 81.5 cm³/mol. The Morgan fingerprint density at radius 1 is 0.889 bits per heavy atom. The molecule has 0 heterocycles. The molecule has 3 aromatic rings. The fraction of sp³-hybridized carbons (Fsp3) is 0.125. The average Bonchev–Trinajstić information content (AvgIpc) is 2.38. The lowest BCUT2D eigenvalue weighted by Crippen LogP contribution is -1.77. The van der Waals surface area contributed by atoms with Crippen molar-refractivity contribution in [1.82, 2.24) is 0 Å². The lowest BCUT2D eigenvalue weighted by atomic mass is 10.0. The summed E-state index contributed by atoms with van der Waals surface area (Å²) in [6, 6.07) is 19.0. The average molecular weight is 256 g/mol. The zero-order chi connectivity index (χ0) is 13.0. The fourth-order valence-electron chi connectivity index (χ4n) is 1.95. The lowest BCUT2D eigenvalue weighted by Gasteiger charge is -2.03. The molecule has 0 aromatic heterocycles. The first-order valence-corrected chi connectivity index (χ1v) is 6.42. The maximum atomic E-state index is 7.57. The van der Waals surface area contributed by atoms with Crippen molar-refractivity contribution in [1.29, 1.82) is 0 Å². The van der Waals surface area contributed by atoms with Crippen LogP contribution in [-0.4, -0.2) is 11.7 Å². The van der Waals surface area contributed by atoms with E-state index in [0.29, 0.717) is 0 Å². The van der Waals surface area contributed by atoms with Crippen LogP contribution in [0, 0.1) is 0 Å². The number of aliphatic hydroxyl groups is 1. The van der Waals surface area contributed by atoms with Crippen LogP contribution in [-0.2, 0) is 0 Å². The number of benzene rings is 3. The van der Waals surface area contributed by atoms with Crippen LogP contribution < -0.4 is 0 Å². The van der Waals surface area contributed by atoms with E-state index < -0.39 is 0 Å². The summed E-state index contributed by atoms with van der Waals surface area (Å²) in [4.78, 5) is 1.04. The van der Waals surface area contributed by atoms with Gasteiger partial charge in [0.1, 0.15) is 0 Å². The van der Waals surface area contributed by atoms with E-state index in [1.165, 1.54) is 21.5 Å². The molecule has 0 radical (unpaired) electrons. The molecule has 1 nitrogen and oxygen atoms in total. The van der Waals surface area contributed by atoms with Gasteiger partial charge in [-0.2, -0.15) is 0 Å². The van der Waals surface area contributed by atoms with Crippen LogP contribution in [0.3, 0.4) is 0 Å². The van der Waals surface area contributed by atoms with Crippen LogP contribution >= 0.6 is 12.6 Å². The highest BCUT2D eigenvalue weighted by molar-refractivity contribution is 7.80. The van der Waals surface area contributed by atoms with Crippen molar-refractivity contribution < 1.29 is 5.11 Å². The van der Waals surface area contributed by atoms with Gasteiger partial charge in [0, 0.05) is 11.5 Å². The molecule has 0 aliphatic rings. The van der Waals surface area contributed by atoms with Gasteiger partial charge in [-0.3, -0.25) is 0 Å². The van der Waals surface area contributed by atoms with Crippen molar-refractivity contribution >= 4 is 34.2 Å². The molecule has 0 aliphatic heterocycles. The van der Waals surface area contributed by atoms with E-state index in [9.17, 15) is 0 Å². The van der Waals surface area contributed by atoms with Crippen LogP contribution in [0.15, 0.2) is 59.5 Å². The first kappa shape index (κ1) is 12.9. The van der Waals surface area contributed by atoms with Gasteiger partial charge in [-0.25, -0.2) is 0 Å². The molecular formula is C16H16OS. The van der Waals surface area contributed by atoms with Crippen LogP contribution in [0.2, 0.25) is 0 Å². The van der Waals surface area contributed by atoms with E-state index in [-0.39, 0.29) is 6.61 Å². The first-order chi connectivity index (χ1) is 8.76. The zero-order valence-electron chi connectivity index (χ0n) is 10.3. The van der Waals surface area contributed by atoms with Crippen LogP contribution in [0.4, 0.5) is 0 Å². The number of hydrogen-bond donors (Lipinski definition) is 2. The third-order valence-corrected chi connectivity index (χ3v) is 3.11. The van der Waals surface area contributed by atoms with Crippen molar-refractivity contribution in [3.63, 3.8) is 0 Å². The maximum absolute atomic E-state index is 7.57. The highest BCUT2D eigenvalue weighted by atomic mass is 32.1. The second-order valence-corrected chi connectivity index (χ2v) is 4.50. The summed E-state index contributed by atoms with van der Waals surface area (Å²) in [6.07, 6.45) is 0. The van der Waals surface area contributed by atoms with Crippen molar-refractivity contribution in [3.05, 3.63) is 54.6 Å². The topological polar surface area (TPSA) is 20.2 Å². The number of rotatable bonds is 0. The number of thiol groups is 1. The van der Waals surface area contributed by atoms with Gasteiger partial charge < -0.3 is 5.11 Å². The predicted octanol–water partition coefficient (Wildman–Crippen LogP) is 4.28. The molecule has 0 saturated carbocycles. The number of hydrogen-bond acceptors (Lipinski definition) is 2. The molecule has 18 heavy (non-hydrogen) atoms. The van der Waals surface area contributed by atoms with E-state index in [2.05, 4.69) is 55.1 Å². The quantitative estimate of drug-likeness (QED) is 0.454. The van der Waals surface area contributed by atoms with Gasteiger partial charge in [-0.1, -0.05) is 36.4 Å². The Balaban J connectivity index is 0.000000367. The van der Waals surface area contributed by atoms with Crippen molar-refractivity contribution in [3.8, 4) is 0 Å². The van der Waals surface area contributed by atoms with Crippen LogP contribution in [0.5, 0.6) is 0 Å². The minimum absolute atomic E-state index is 0.250. The lowest BCUT2D eigenvalue weighted by molar-refractivity contribution is 0.318. The summed E-state index contributed by atoms with van der Waals surface area (Å²) in [5.41, 5.74) is 0. The Morgan fingerprint density at radius 2 is 1.44 bits per heavy atom. The summed E-state index contributed by atoms with van der Waals surface area (Å²) in [6.45, 7) is 1.93. The van der Waals surface area contributed by atoms with Crippen molar-refractivity contribution in [2.24, 2.45) is 0 Å². The van der Waals surface area contributed by atoms with E-state index in [0.717, 1.165) is 4.90 Å². The number of fused-ring (bicyclic) bond motifs is 2. The van der Waals surface area contributed by atoms with Crippen molar-refractivity contribution in [2.75, 3.05) is 6.61 Å². The highest BCUT2D eigenvalue weighted by Crippen LogP contribution is 2.26. The fourth-order valence-corrected chi connectivity index (χ4v) is 2.23. The monoisotopic (exact) mass is 256 g/mol. The second kappa shape index (κ2) is 5.89.